The zero-order chi connectivity index (χ0) is 8.27. The van der Waals surface area contributed by atoms with Crippen LogP contribution in [0.25, 0.3) is 0 Å². The second-order valence-electron chi connectivity index (χ2n) is 1.92. The Kier molecular flexibility index (Phi) is 2.25. The summed E-state index contributed by atoms with van der Waals surface area (Å²) in [4.78, 5) is 0. The van der Waals surface area contributed by atoms with Gasteiger partial charge in [0, 0.05) is 4.47 Å². The molecule has 0 aliphatic rings. The summed E-state index contributed by atoms with van der Waals surface area (Å²) in [6.45, 7) is 0. The Hall–Kier alpha value is -1.32. The predicted molar refractivity (Wildman–Crippen MR) is 43.6 cm³/mol. The Labute approximate surface area is 72.8 Å². The maximum absolute atomic E-state index is 8.55. The first-order chi connectivity index (χ1) is 5.27. The molecule has 0 N–H and O–H groups in total. The summed E-state index contributed by atoms with van der Waals surface area (Å²) in [5.74, 6) is 0. The first-order valence-electron chi connectivity index (χ1n) is 2.87. The monoisotopic (exact) mass is 206 g/mol. The van der Waals surface area contributed by atoms with E-state index in [1.807, 2.05) is 12.1 Å². The average molecular weight is 207 g/mol. The van der Waals surface area contributed by atoms with Gasteiger partial charge >= 0.3 is 0 Å². The third kappa shape index (κ3) is 1.58. The molecular formula is C8H3BrN2. The third-order valence-electron chi connectivity index (χ3n) is 1.22. The third-order valence-corrected chi connectivity index (χ3v) is 1.91. The summed E-state index contributed by atoms with van der Waals surface area (Å²) in [6.07, 6.45) is 0. The molecule has 0 spiro atoms. The van der Waals surface area contributed by atoms with Gasteiger partial charge in [-0.1, -0.05) is 0 Å². The Morgan fingerprint density at radius 3 is 2.45 bits per heavy atom. The van der Waals surface area contributed by atoms with E-state index in [4.69, 9.17) is 10.5 Å². The molecule has 0 radical (unpaired) electrons. The molecule has 0 unspecified atom stereocenters. The molecule has 11 heavy (non-hydrogen) atoms. The minimum Gasteiger partial charge on any atom is -0.192 e. The van der Waals surface area contributed by atoms with E-state index in [1.54, 1.807) is 18.2 Å². The summed E-state index contributed by atoms with van der Waals surface area (Å²) in [6, 6.07) is 8.82. The minimum atomic E-state index is 0.490. The molecule has 0 atom stereocenters. The van der Waals surface area contributed by atoms with Gasteiger partial charge in [-0.2, -0.15) is 10.5 Å². The van der Waals surface area contributed by atoms with Gasteiger partial charge in [0.2, 0.25) is 0 Å². The zero-order valence-electron chi connectivity index (χ0n) is 5.50. The lowest BCUT2D eigenvalue weighted by Crippen LogP contribution is -1.79. The van der Waals surface area contributed by atoms with Gasteiger partial charge in [-0.25, -0.2) is 0 Å². The summed E-state index contributed by atoms with van der Waals surface area (Å²) in [5, 5.41) is 17.0. The van der Waals surface area contributed by atoms with Crippen LogP contribution >= 0.6 is 15.9 Å². The van der Waals surface area contributed by atoms with Gasteiger partial charge in [0.25, 0.3) is 0 Å². The van der Waals surface area contributed by atoms with E-state index in [2.05, 4.69) is 15.9 Å². The lowest BCUT2D eigenvalue weighted by molar-refractivity contribution is 1.43. The Morgan fingerprint density at radius 1 is 1.18 bits per heavy atom. The summed E-state index contributed by atoms with van der Waals surface area (Å²) < 4.78 is 0.721. The van der Waals surface area contributed by atoms with Gasteiger partial charge in [-0.15, -0.1) is 0 Å². The molecule has 1 rings (SSSR count). The van der Waals surface area contributed by atoms with E-state index in [0.717, 1.165) is 4.47 Å². The molecule has 0 saturated heterocycles. The maximum atomic E-state index is 8.55. The molecule has 0 aliphatic heterocycles. The van der Waals surface area contributed by atoms with Gasteiger partial charge in [0.1, 0.15) is 6.07 Å². The molecule has 0 bridgehead atoms. The molecule has 2 nitrogen and oxygen atoms in total. The lowest BCUT2D eigenvalue weighted by atomic mass is 10.1. The van der Waals surface area contributed by atoms with Crippen LogP contribution in [-0.4, -0.2) is 0 Å². The number of nitriles is 2. The number of benzene rings is 1. The summed E-state index contributed by atoms with van der Waals surface area (Å²) in [7, 11) is 0. The number of hydrogen-bond acceptors (Lipinski definition) is 2. The molecule has 0 aromatic heterocycles. The minimum absolute atomic E-state index is 0.490. The lowest BCUT2D eigenvalue weighted by Gasteiger charge is -1.92. The van der Waals surface area contributed by atoms with Crippen LogP contribution in [0.3, 0.4) is 0 Å². The number of nitrogens with zero attached hydrogens (tertiary/aromatic N) is 2. The van der Waals surface area contributed by atoms with Gasteiger partial charge in [0.05, 0.1) is 17.2 Å². The van der Waals surface area contributed by atoms with E-state index < -0.39 is 0 Å². The van der Waals surface area contributed by atoms with Crippen molar-refractivity contribution in [3.05, 3.63) is 33.8 Å². The SMILES string of the molecule is N#Cc1ccc(Br)c(C#N)c1. The fourth-order valence-electron chi connectivity index (χ4n) is 0.681. The first kappa shape index (κ1) is 7.78. The highest BCUT2D eigenvalue weighted by atomic mass is 79.9. The van der Waals surface area contributed by atoms with Gasteiger partial charge in [-0.05, 0) is 34.1 Å². The van der Waals surface area contributed by atoms with Crippen molar-refractivity contribution in [3.8, 4) is 12.1 Å². The molecule has 1 aromatic carbocycles. The van der Waals surface area contributed by atoms with E-state index in [-0.39, 0.29) is 0 Å². The number of rotatable bonds is 0. The fraction of sp³-hybridized carbons (Fsp3) is 0. The van der Waals surface area contributed by atoms with Crippen LogP contribution in [0.5, 0.6) is 0 Å². The second kappa shape index (κ2) is 3.18. The quantitative estimate of drug-likeness (QED) is 0.654. The highest BCUT2D eigenvalue weighted by molar-refractivity contribution is 9.10. The van der Waals surface area contributed by atoms with Crippen molar-refractivity contribution in [2.75, 3.05) is 0 Å². The fourth-order valence-corrected chi connectivity index (χ4v) is 1.02. The van der Waals surface area contributed by atoms with Crippen molar-refractivity contribution in [1.29, 1.82) is 10.5 Å². The van der Waals surface area contributed by atoms with E-state index in [1.165, 1.54) is 0 Å². The molecule has 0 aliphatic carbocycles. The molecule has 0 saturated carbocycles. The van der Waals surface area contributed by atoms with Crippen LogP contribution in [0.4, 0.5) is 0 Å². The van der Waals surface area contributed by atoms with Gasteiger partial charge in [0.15, 0.2) is 0 Å². The molecule has 3 heteroatoms. The zero-order valence-corrected chi connectivity index (χ0v) is 7.09. The maximum Gasteiger partial charge on any atom is 0.100 e. The Balaban J connectivity index is 3.29. The van der Waals surface area contributed by atoms with E-state index in [9.17, 15) is 0 Å². The smallest absolute Gasteiger partial charge is 0.100 e. The number of halogens is 1. The first-order valence-corrected chi connectivity index (χ1v) is 3.67. The van der Waals surface area contributed by atoms with Crippen molar-refractivity contribution in [1.82, 2.24) is 0 Å². The van der Waals surface area contributed by atoms with E-state index >= 15 is 0 Å². The average Bonchev–Trinajstić information content (AvgIpc) is 2.05. The van der Waals surface area contributed by atoms with Crippen LogP contribution in [0.15, 0.2) is 22.7 Å². The number of hydrogen-bond donors (Lipinski definition) is 0. The molecule has 1 aromatic rings. The normalized spacial score (nSPS) is 8.27. The van der Waals surface area contributed by atoms with Crippen molar-refractivity contribution < 1.29 is 0 Å². The van der Waals surface area contributed by atoms with E-state index in [0.29, 0.717) is 11.1 Å². The Morgan fingerprint density at radius 2 is 1.91 bits per heavy atom. The summed E-state index contributed by atoms with van der Waals surface area (Å²) in [5.41, 5.74) is 0.994. The van der Waals surface area contributed by atoms with Crippen LogP contribution in [0.2, 0.25) is 0 Å². The van der Waals surface area contributed by atoms with Gasteiger partial charge in [-0.3, -0.25) is 0 Å². The largest absolute Gasteiger partial charge is 0.192 e. The molecule has 52 valence electrons. The standard InChI is InChI=1S/C8H3BrN2/c9-8-2-1-6(4-10)3-7(8)5-11/h1-3H. The highest BCUT2D eigenvalue weighted by Crippen LogP contribution is 2.16. The van der Waals surface area contributed by atoms with Crippen molar-refractivity contribution >= 4 is 15.9 Å². The molecule has 0 fully saturated rings. The van der Waals surface area contributed by atoms with Crippen molar-refractivity contribution in [2.24, 2.45) is 0 Å². The van der Waals surface area contributed by atoms with Crippen molar-refractivity contribution in [2.45, 2.75) is 0 Å². The topological polar surface area (TPSA) is 47.6 Å². The molecule has 0 amide bonds. The highest BCUT2D eigenvalue weighted by Gasteiger charge is 1.98. The van der Waals surface area contributed by atoms with Crippen LogP contribution in [-0.2, 0) is 0 Å². The Bertz CT molecular complexity index is 357. The van der Waals surface area contributed by atoms with Crippen LogP contribution in [0, 0.1) is 22.7 Å². The van der Waals surface area contributed by atoms with Crippen molar-refractivity contribution in [3.63, 3.8) is 0 Å². The predicted octanol–water partition coefficient (Wildman–Crippen LogP) is 2.19. The van der Waals surface area contributed by atoms with Crippen LogP contribution in [0.1, 0.15) is 11.1 Å². The van der Waals surface area contributed by atoms with Gasteiger partial charge < -0.3 is 0 Å². The molecule has 0 heterocycles. The van der Waals surface area contributed by atoms with Crippen LogP contribution < -0.4 is 0 Å². The summed E-state index contributed by atoms with van der Waals surface area (Å²) >= 11 is 3.19. The second-order valence-corrected chi connectivity index (χ2v) is 2.77. The molecular weight excluding hydrogens is 204 g/mol.